The average molecular weight is 465 g/mol. The first-order valence-corrected chi connectivity index (χ1v) is 12.0. The molecule has 0 aliphatic carbocycles. The van der Waals surface area contributed by atoms with Gasteiger partial charge in [-0.2, -0.15) is 0 Å². The molecule has 0 bridgehead atoms. The molecule has 2 aromatic carbocycles. The van der Waals surface area contributed by atoms with Gasteiger partial charge in [0.15, 0.2) is 0 Å². The van der Waals surface area contributed by atoms with E-state index < -0.39 is 11.8 Å². The van der Waals surface area contributed by atoms with Crippen molar-refractivity contribution in [2.75, 3.05) is 39.3 Å². The van der Waals surface area contributed by atoms with Crippen LogP contribution in [0.2, 0.25) is 0 Å². The number of rotatable bonds is 3. The third-order valence-electron chi connectivity index (χ3n) is 6.57. The molecule has 1 N–H and O–H groups in total. The van der Waals surface area contributed by atoms with E-state index in [2.05, 4.69) is 5.32 Å². The highest BCUT2D eigenvalue weighted by molar-refractivity contribution is 6.35. The Labute approximate surface area is 199 Å². The SMILES string of the molecule is CC(C)NC(=O)C(=O)N1CCN(C(=O)C2CCCN(C(=O)c3cccc4ccccc34)C2)CC1. The predicted molar refractivity (Wildman–Crippen MR) is 129 cm³/mol. The molecule has 8 nitrogen and oxygen atoms in total. The molecule has 2 aromatic rings. The second-order valence-electron chi connectivity index (χ2n) is 9.36. The number of piperidine rings is 1. The van der Waals surface area contributed by atoms with E-state index >= 15 is 0 Å². The molecule has 2 saturated heterocycles. The zero-order valence-electron chi connectivity index (χ0n) is 19.8. The van der Waals surface area contributed by atoms with E-state index in [1.165, 1.54) is 4.90 Å². The van der Waals surface area contributed by atoms with Gasteiger partial charge >= 0.3 is 11.8 Å². The van der Waals surface area contributed by atoms with Crippen molar-refractivity contribution in [1.29, 1.82) is 0 Å². The standard InChI is InChI=1S/C26H32N4O4/c1-18(2)27-23(31)26(34)29-15-13-28(14-16-29)24(32)20-9-6-12-30(17-20)25(33)22-11-5-8-19-7-3-4-10-21(19)22/h3-5,7-8,10-11,18,20H,6,9,12-17H2,1-2H3,(H,27,31). The van der Waals surface area contributed by atoms with Crippen LogP contribution in [-0.4, -0.2) is 83.6 Å². The molecule has 1 unspecified atom stereocenters. The second kappa shape index (κ2) is 10.2. The van der Waals surface area contributed by atoms with E-state index in [4.69, 9.17) is 0 Å². The molecule has 180 valence electrons. The van der Waals surface area contributed by atoms with Crippen molar-refractivity contribution in [3.63, 3.8) is 0 Å². The molecule has 0 radical (unpaired) electrons. The van der Waals surface area contributed by atoms with Gasteiger partial charge in [0.2, 0.25) is 5.91 Å². The maximum absolute atomic E-state index is 13.3. The Morgan fingerprint density at radius 3 is 2.26 bits per heavy atom. The number of nitrogens with one attached hydrogen (secondary N) is 1. The molecule has 0 saturated carbocycles. The molecule has 2 fully saturated rings. The fraction of sp³-hybridized carbons (Fsp3) is 0.462. The van der Waals surface area contributed by atoms with Crippen LogP contribution < -0.4 is 5.32 Å². The zero-order valence-corrected chi connectivity index (χ0v) is 19.8. The van der Waals surface area contributed by atoms with E-state index in [1.807, 2.05) is 42.5 Å². The largest absolute Gasteiger partial charge is 0.346 e. The Balaban J connectivity index is 1.36. The Kier molecular flexibility index (Phi) is 7.14. The van der Waals surface area contributed by atoms with Crippen LogP contribution in [0, 0.1) is 5.92 Å². The number of fused-ring (bicyclic) bond motifs is 1. The van der Waals surface area contributed by atoms with Crippen LogP contribution in [-0.2, 0) is 14.4 Å². The van der Waals surface area contributed by atoms with Crippen molar-refractivity contribution in [2.24, 2.45) is 5.92 Å². The third-order valence-corrected chi connectivity index (χ3v) is 6.57. The molecule has 4 rings (SSSR count). The zero-order chi connectivity index (χ0) is 24.2. The lowest BCUT2D eigenvalue weighted by atomic mass is 9.95. The first kappa shape index (κ1) is 23.7. The molecular formula is C26H32N4O4. The summed E-state index contributed by atoms with van der Waals surface area (Å²) in [5.74, 6) is -1.43. The number of piperazine rings is 1. The Bertz CT molecular complexity index is 1090. The van der Waals surface area contributed by atoms with E-state index in [1.54, 1.807) is 23.6 Å². The number of benzene rings is 2. The normalized spacial score (nSPS) is 18.8. The summed E-state index contributed by atoms with van der Waals surface area (Å²) in [5, 5.41) is 4.56. The lowest BCUT2D eigenvalue weighted by molar-refractivity contribution is -0.149. The van der Waals surface area contributed by atoms with Crippen LogP contribution in [0.1, 0.15) is 37.0 Å². The molecule has 34 heavy (non-hydrogen) atoms. The second-order valence-corrected chi connectivity index (χ2v) is 9.36. The van der Waals surface area contributed by atoms with Gasteiger partial charge in [0.05, 0.1) is 5.92 Å². The Hall–Kier alpha value is -3.42. The van der Waals surface area contributed by atoms with Gasteiger partial charge in [-0.15, -0.1) is 0 Å². The van der Waals surface area contributed by atoms with Gasteiger partial charge in [0.1, 0.15) is 0 Å². The topological polar surface area (TPSA) is 90.0 Å². The van der Waals surface area contributed by atoms with Gasteiger partial charge < -0.3 is 20.0 Å². The van der Waals surface area contributed by atoms with Crippen molar-refractivity contribution >= 4 is 34.4 Å². The van der Waals surface area contributed by atoms with Gasteiger partial charge in [-0.1, -0.05) is 36.4 Å². The highest BCUT2D eigenvalue weighted by atomic mass is 16.2. The number of carbonyl (C=O) groups is 4. The number of nitrogens with zero attached hydrogens (tertiary/aromatic N) is 3. The lowest BCUT2D eigenvalue weighted by Gasteiger charge is -2.39. The van der Waals surface area contributed by atoms with Crippen molar-refractivity contribution in [2.45, 2.75) is 32.7 Å². The highest BCUT2D eigenvalue weighted by Crippen LogP contribution is 2.25. The molecule has 2 heterocycles. The minimum Gasteiger partial charge on any atom is -0.346 e. The quantitative estimate of drug-likeness (QED) is 0.703. The fourth-order valence-electron chi connectivity index (χ4n) is 4.80. The smallest absolute Gasteiger partial charge is 0.312 e. The van der Waals surface area contributed by atoms with Crippen LogP contribution >= 0.6 is 0 Å². The van der Waals surface area contributed by atoms with Gasteiger partial charge in [-0.05, 0) is 43.5 Å². The minimum absolute atomic E-state index is 0.0224. The monoisotopic (exact) mass is 464 g/mol. The maximum Gasteiger partial charge on any atom is 0.312 e. The van der Waals surface area contributed by atoms with E-state index in [0.29, 0.717) is 44.8 Å². The number of hydrogen-bond donors (Lipinski definition) is 1. The van der Waals surface area contributed by atoms with Crippen molar-refractivity contribution in [1.82, 2.24) is 20.0 Å². The first-order chi connectivity index (χ1) is 16.3. The summed E-state index contributed by atoms with van der Waals surface area (Å²) in [6, 6.07) is 13.5. The Morgan fingerprint density at radius 1 is 0.853 bits per heavy atom. The number of carbonyl (C=O) groups excluding carboxylic acids is 4. The lowest BCUT2D eigenvalue weighted by Crippen LogP contribution is -2.56. The van der Waals surface area contributed by atoms with Crippen LogP contribution in [0.25, 0.3) is 10.8 Å². The fourth-order valence-corrected chi connectivity index (χ4v) is 4.80. The number of amides is 4. The van der Waals surface area contributed by atoms with Crippen LogP contribution in [0.15, 0.2) is 42.5 Å². The molecule has 8 heteroatoms. The van der Waals surface area contributed by atoms with Gasteiger partial charge in [0.25, 0.3) is 5.91 Å². The molecule has 4 amide bonds. The summed E-state index contributed by atoms with van der Waals surface area (Å²) in [4.78, 5) is 55.9. The summed E-state index contributed by atoms with van der Waals surface area (Å²) >= 11 is 0. The van der Waals surface area contributed by atoms with E-state index in [9.17, 15) is 19.2 Å². The Morgan fingerprint density at radius 2 is 1.53 bits per heavy atom. The summed E-state index contributed by atoms with van der Waals surface area (Å²) in [5.41, 5.74) is 0.665. The van der Waals surface area contributed by atoms with Gasteiger partial charge in [0, 0.05) is 50.9 Å². The number of hydrogen-bond acceptors (Lipinski definition) is 4. The maximum atomic E-state index is 13.3. The third kappa shape index (κ3) is 5.05. The summed E-state index contributed by atoms with van der Waals surface area (Å²) < 4.78 is 0. The molecule has 1 atom stereocenters. The first-order valence-electron chi connectivity index (χ1n) is 12.0. The van der Waals surface area contributed by atoms with Crippen molar-refractivity contribution in [3.8, 4) is 0 Å². The minimum atomic E-state index is -0.607. The van der Waals surface area contributed by atoms with Gasteiger partial charge in [-0.25, -0.2) is 0 Å². The number of likely N-dealkylation sites (tertiary alicyclic amines) is 1. The summed E-state index contributed by atoms with van der Waals surface area (Å²) in [6.45, 7) is 6.11. The molecule has 0 spiro atoms. The van der Waals surface area contributed by atoms with Crippen molar-refractivity contribution < 1.29 is 19.2 Å². The van der Waals surface area contributed by atoms with Gasteiger partial charge in [-0.3, -0.25) is 19.2 Å². The van der Waals surface area contributed by atoms with Crippen LogP contribution in [0.4, 0.5) is 0 Å². The highest BCUT2D eigenvalue weighted by Gasteiger charge is 2.34. The van der Waals surface area contributed by atoms with Crippen molar-refractivity contribution in [3.05, 3.63) is 48.0 Å². The van der Waals surface area contributed by atoms with E-state index in [0.717, 1.165) is 23.6 Å². The molecular weight excluding hydrogens is 432 g/mol. The molecule has 2 aliphatic rings. The van der Waals surface area contributed by atoms with E-state index in [-0.39, 0.29) is 23.8 Å². The summed E-state index contributed by atoms with van der Waals surface area (Å²) in [7, 11) is 0. The van der Waals surface area contributed by atoms with Crippen LogP contribution in [0.3, 0.4) is 0 Å². The molecule has 2 aliphatic heterocycles. The molecule has 0 aromatic heterocycles. The summed E-state index contributed by atoms with van der Waals surface area (Å²) in [6.07, 6.45) is 1.52. The average Bonchev–Trinajstić information content (AvgIpc) is 2.86. The predicted octanol–water partition coefficient (Wildman–Crippen LogP) is 1.89. The van der Waals surface area contributed by atoms with Crippen LogP contribution in [0.5, 0.6) is 0 Å².